The van der Waals surface area contributed by atoms with E-state index in [1.54, 1.807) is 7.05 Å². The van der Waals surface area contributed by atoms with Crippen molar-refractivity contribution in [2.75, 3.05) is 11.9 Å². The fourth-order valence-corrected chi connectivity index (χ4v) is 2.26. The van der Waals surface area contributed by atoms with Gasteiger partial charge in [-0.25, -0.2) is 4.79 Å². The molecule has 0 N–H and O–H groups in total. The molecule has 0 aromatic heterocycles. The van der Waals surface area contributed by atoms with Crippen LogP contribution in [-0.2, 0) is 4.74 Å². The molecule has 1 amide bonds. The summed E-state index contributed by atoms with van der Waals surface area (Å²) >= 11 is 0. The zero-order valence-corrected chi connectivity index (χ0v) is 11.5. The van der Waals surface area contributed by atoms with Crippen molar-refractivity contribution in [1.29, 1.82) is 0 Å². The minimum Gasteiger partial charge on any atom is -0.409 e. The number of cyclic esters (lactones) is 1. The van der Waals surface area contributed by atoms with Crippen LogP contribution in [0.3, 0.4) is 0 Å². The van der Waals surface area contributed by atoms with Gasteiger partial charge in [-0.05, 0) is 30.7 Å². The van der Waals surface area contributed by atoms with E-state index in [1.165, 1.54) is 4.90 Å². The van der Waals surface area contributed by atoms with Crippen LogP contribution in [0.1, 0.15) is 16.7 Å². The van der Waals surface area contributed by atoms with E-state index < -0.39 is 0 Å². The molecule has 1 heterocycles. The Morgan fingerprint density at radius 3 is 2.60 bits per heavy atom. The van der Waals surface area contributed by atoms with Crippen LogP contribution in [0.5, 0.6) is 0 Å². The maximum absolute atomic E-state index is 11.9. The lowest BCUT2D eigenvalue weighted by Crippen LogP contribution is -2.31. The quantitative estimate of drug-likeness (QED) is 0.777. The van der Waals surface area contributed by atoms with Crippen LogP contribution in [0.15, 0.2) is 48.5 Å². The number of nitrogens with zero attached hydrogens (tertiary/aromatic N) is 1. The molecule has 3 nitrogen and oxygen atoms in total. The molecule has 0 saturated heterocycles. The Morgan fingerprint density at radius 2 is 1.85 bits per heavy atom. The number of rotatable bonds is 1. The average Bonchev–Trinajstić information content (AvgIpc) is 2.45. The van der Waals surface area contributed by atoms with Crippen molar-refractivity contribution in [2.24, 2.45) is 0 Å². The molecule has 0 spiro atoms. The lowest BCUT2D eigenvalue weighted by molar-refractivity contribution is 0.199. The number of amides is 1. The molecule has 100 valence electrons. The van der Waals surface area contributed by atoms with Crippen LogP contribution < -0.4 is 4.90 Å². The Kier molecular flexibility index (Phi) is 3.03. The van der Waals surface area contributed by atoms with Gasteiger partial charge in [-0.15, -0.1) is 0 Å². The van der Waals surface area contributed by atoms with Crippen LogP contribution in [0.4, 0.5) is 10.5 Å². The zero-order chi connectivity index (χ0) is 14.1. The molecule has 3 heteroatoms. The third kappa shape index (κ3) is 2.18. The standard InChI is InChI=1S/C17H15NO2/c1-12-8-9-15-14(10-12)16(20-17(19)18(15)2)11-13-6-4-3-5-7-13/h3-11H,1-2H3. The normalized spacial score (nSPS) is 16.0. The van der Waals surface area contributed by atoms with Crippen LogP contribution in [0.2, 0.25) is 0 Å². The average molecular weight is 265 g/mol. The lowest BCUT2D eigenvalue weighted by atomic mass is 10.0. The first-order valence-corrected chi connectivity index (χ1v) is 6.48. The lowest BCUT2D eigenvalue weighted by Gasteiger charge is -2.27. The third-order valence-electron chi connectivity index (χ3n) is 3.35. The van der Waals surface area contributed by atoms with Gasteiger partial charge in [0.2, 0.25) is 0 Å². The number of anilines is 1. The topological polar surface area (TPSA) is 29.5 Å². The van der Waals surface area contributed by atoms with E-state index >= 15 is 0 Å². The number of ether oxygens (including phenoxy) is 1. The molecule has 1 aliphatic heterocycles. The second-order valence-corrected chi connectivity index (χ2v) is 4.87. The molecule has 0 radical (unpaired) electrons. The number of hydrogen-bond acceptors (Lipinski definition) is 2. The largest absolute Gasteiger partial charge is 0.419 e. The molecule has 20 heavy (non-hydrogen) atoms. The summed E-state index contributed by atoms with van der Waals surface area (Å²) in [5.74, 6) is 0.595. The van der Waals surface area contributed by atoms with Gasteiger partial charge in [-0.2, -0.15) is 0 Å². The second kappa shape index (κ2) is 4.85. The van der Waals surface area contributed by atoms with Crippen molar-refractivity contribution in [3.8, 4) is 0 Å². The monoisotopic (exact) mass is 265 g/mol. The van der Waals surface area contributed by atoms with Gasteiger partial charge in [0.25, 0.3) is 0 Å². The molecule has 0 unspecified atom stereocenters. The van der Waals surface area contributed by atoms with E-state index in [4.69, 9.17) is 4.74 Å². The third-order valence-corrected chi connectivity index (χ3v) is 3.35. The van der Waals surface area contributed by atoms with Crippen molar-refractivity contribution < 1.29 is 9.53 Å². The van der Waals surface area contributed by atoms with Crippen molar-refractivity contribution in [2.45, 2.75) is 6.92 Å². The van der Waals surface area contributed by atoms with Crippen LogP contribution in [0.25, 0.3) is 11.8 Å². The summed E-state index contributed by atoms with van der Waals surface area (Å²) < 4.78 is 5.43. The van der Waals surface area contributed by atoms with Gasteiger partial charge in [-0.3, -0.25) is 4.90 Å². The van der Waals surface area contributed by atoms with Gasteiger partial charge in [-0.1, -0.05) is 42.0 Å². The molecule has 1 aliphatic rings. The second-order valence-electron chi connectivity index (χ2n) is 4.87. The van der Waals surface area contributed by atoms with E-state index in [1.807, 2.05) is 61.5 Å². The van der Waals surface area contributed by atoms with Crippen molar-refractivity contribution >= 4 is 23.6 Å². The molecule has 2 aromatic carbocycles. The van der Waals surface area contributed by atoms with E-state index in [0.717, 1.165) is 22.4 Å². The molecular formula is C17H15NO2. The Hall–Kier alpha value is -2.55. The first-order chi connectivity index (χ1) is 9.65. The van der Waals surface area contributed by atoms with Gasteiger partial charge in [0, 0.05) is 12.6 Å². The Balaban J connectivity index is 2.14. The van der Waals surface area contributed by atoms with Gasteiger partial charge in [0.15, 0.2) is 0 Å². The predicted octanol–water partition coefficient (Wildman–Crippen LogP) is 4.08. The van der Waals surface area contributed by atoms with Gasteiger partial charge >= 0.3 is 6.09 Å². The highest BCUT2D eigenvalue weighted by molar-refractivity contribution is 6.01. The Morgan fingerprint density at radius 1 is 1.10 bits per heavy atom. The summed E-state index contributed by atoms with van der Waals surface area (Å²) in [4.78, 5) is 13.4. The highest BCUT2D eigenvalue weighted by Gasteiger charge is 2.26. The summed E-state index contributed by atoms with van der Waals surface area (Å²) in [5.41, 5.74) is 3.95. The summed E-state index contributed by atoms with van der Waals surface area (Å²) in [6, 6.07) is 15.8. The summed E-state index contributed by atoms with van der Waals surface area (Å²) in [5, 5.41) is 0. The highest BCUT2D eigenvalue weighted by Crippen LogP contribution is 2.34. The van der Waals surface area contributed by atoms with Crippen molar-refractivity contribution in [3.63, 3.8) is 0 Å². The highest BCUT2D eigenvalue weighted by atomic mass is 16.6. The van der Waals surface area contributed by atoms with Crippen molar-refractivity contribution in [3.05, 3.63) is 65.2 Å². The smallest absolute Gasteiger partial charge is 0.409 e. The van der Waals surface area contributed by atoms with Gasteiger partial charge < -0.3 is 4.74 Å². The van der Waals surface area contributed by atoms with E-state index in [-0.39, 0.29) is 6.09 Å². The molecule has 0 bridgehead atoms. The molecule has 0 fully saturated rings. The van der Waals surface area contributed by atoms with Gasteiger partial charge in [0.1, 0.15) is 5.76 Å². The molecule has 3 rings (SSSR count). The number of aryl methyl sites for hydroxylation is 1. The number of carbonyl (C=O) groups is 1. The predicted molar refractivity (Wildman–Crippen MR) is 80.4 cm³/mol. The number of carbonyl (C=O) groups excluding carboxylic acids is 1. The SMILES string of the molecule is Cc1ccc2c(c1)C(=Cc1ccccc1)OC(=O)N2C. The van der Waals surface area contributed by atoms with Gasteiger partial charge in [0.05, 0.1) is 5.69 Å². The van der Waals surface area contributed by atoms with Crippen LogP contribution in [0, 0.1) is 6.92 Å². The minimum atomic E-state index is -0.358. The number of fused-ring (bicyclic) bond motifs is 1. The number of benzene rings is 2. The molecule has 0 saturated carbocycles. The fraction of sp³-hybridized carbons (Fsp3) is 0.118. The summed E-state index contributed by atoms with van der Waals surface area (Å²) in [6.07, 6.45) is 1.53. The number of hydrogen-bond donors (Lipinski definition) is 0. The Bertz CT molecular complexity index is 689. The Labute approximate surface area is 118 Å². The van der Waals surface area contributed by atoms with E-state index in [9.17, 15) is 4.79 Å². The molecule has 0 atom stereocenters. The maximum atomic E-state index is 11.9. The first kappa shape index (κ1) is 12.5. The zero-order valence-electron chi connectivity index (χ0n) is 11.5. The van der Waals surface area contributed by atoms with Crippen LogP contribution in [-0.4, -0.2) is 13.1 Å². The summed E-state index contributed by atoms with van der Waals surface area (Å²) in [7, 11) is 1.72. The fourth-order valence-electron chi connectivity index (χ4n) is 2.26. The maximum Gasteiger partial charge on any atom is 0.419 e. The summed E-state index contributed by atoms with van der Waals surface area (Å²) in [6.45, 7) is 2.02. The van der Waals surface area contributed by atoms with E-state index in [2.05, 4.69) is 0 Å². The molecular weight excluding hydrogens is 250 g/mol. The minimum absolute atomic E-state index is 0.358. The molecule has 2 aromatic rings. The van der Waals surface area contributed by atoms with Crippen molar-refractivity contribution in [1.82, 2.24) is 0 Å². The van der Waals surface area contributed by atoms with Crippen LogP contribution >= 0.6 is 0 Å². The van der Waals surface area contributed by atoms with E-state index in [0.29, 0.717) is 5.76 Å². The molecule has 0 aliphatic carbocycles. The first-order valence-electron chi connectivity index (χ1n) is 6.48.